The molecule has 1 fully saturated rings. The summed E-state index contributed by atoms with van der Waals surface area (Å²) in [6, 6.07) is 5.75. The number of piperidine rings is 1. The van der Waals surface area contributed by atoms with E-state index in [1.54, 1.807) is 23.4 Å². The molecule has 1 saturated heterocycles. The zero-order valence-electron chi connectivity index (χ0n) is 15.2. The smallest absolute Gasteiger partial charge is 0.236 e. The molecule has 3 aromatic heterocycles. The van der Waals surface area contributed by atoms with Gasteiger partial charge in [-0.1, -0.05) is 0 Å². The lowest BCUT2D eigenvalue weighted by Crippen LogP contribution is -2.45. The minimum atomic E-state index is -0.126. The molecule has 0 bridgehead atoms. The Morgan fingerprint density at radius 3 is 3.14 bits per heavy atom. The highest BCUT2D eigenvalue weighted by atomic mass is 16.2. The molecule has 0 saturated carbocycles. The molecule has 0 spiro atoms. The molecule has 1 aliphatic heterocycles. The molecule has 4 heterocycles. The summed E-state index contributed by atoms with van der Waals surface area (Å²) >= 11 is 0. The quantitative estimate of drug-likeness (QED) is 0.632. The number of nitriles is 1. The lowest BCUT2D eigenvalue weighted by Gasteiger charge is -2.34. The Hall–Kier alpha value is -3.67. The summed E-state index contributed by atoms with van der Waals surface area (Å²) < 4.78 is 0. The summed E-state index contributed by atoms with van der Waals surface area (Å²) in [4.78, 5) is 29.8. The third-order valence-corrected chi connectivity index (χ3v) is 4.89. The average molecular weight is 376 g/mol. The molecule has 0 unspecified atom stereocenters. The first-order valence-electron chi connectivity index (χ1n) is 9.12. The van der Waals surface area contributed by atoms with E-state index in [0.29, 0.717) is 18.8 Å². The number of pyridine rings is 1. The summed E-state index contributed by atoms with van der Waals surface area (Å²) in [7, 11) is 0. The predicted molar refractivity (Wildman–Crippen MR) is 105 cm³/mol. The van der Waals surface area contributed by atoms with E-state index in [4.69, 9.17) is 11.0 Å². The van der Waals surface area contributed by atoms with E-state index in [1.807, 2.05) is 18.3 Å². The molecule has 1 aliphatic rings. The third kappa shape index (κ3) is 3.44. The standard InChI is InChI=1S/C19H20N8O/c20-6-3-16(28)27-9-1-2-12(11-27)25-17-13-4-7-22-18(13)24-10-14(17)15-5-8-23-19(21)26-15/h4-5,7-8,10,12H,1-3,9,11H2,(H2,21,23,26)(H2,22,24,25)/t12-/m1/s1. The summed E-state index contributed by atoms with van der Waals surface area (Å²) in [6.07, 6.45) is 6.93. The molecule has 4 rings (SSSR count). The Morgan fingerprint density at radius 1 is 1.43 bits per heavy atom. The number of nitrogens with one attached hydrogen (secondary N) is 2. The molecule has 0 aliphatic carbocycles. The molecule has 142 valence electrons. The molecule has 9 heteroatoms. The normalized spacial score (nSPS) is 16.7. The van der Waals surface area contributed by atoms with Crippen LogP contribution in [-0.4, -0.2) is 49.9 Å². The van der Waals surface area contributed by atoms with Gasteiger partial charge >= 0.3 is 0 Å². The SMILES string of the molecule is N#CCC(=O)N1CCC[C@@H](Nc2c(-c3ccnc(N)n3)cnc3[nH]ccc23)C1. The van der Waals surface area contributed by atoms with E-state index in [2.05, 4.69) is 25.3 Å². The van der Waals surface area contributed by atoms with Crippen LogP contribution < -0.4 is 11.1 Å². The molecule has 0 aromatic carbocycles. The highest BCUT2D eigenvalue weighted by molar-refractivity contribution is 5.97. The molecule has 4 N–H and O–H groups in total. The number of likely N-dealkylation sites (tertiary alicyclic amines) is 1. The predicted octanol–water partition coefficient (Wildman–Crippen LogP) is 1.92. The fourth-order valence-corrected chi connectivity index (χ4v) is 3.59. The van der Waals surface area contributed by atoms with Crippen molar-refractivity contribution in [3.8, 4) is 17.3 Å². The van der Waals surface area contributed by atoms with Gasteiger partial charge in [0.1, 0.15) is 12.1 Å². The van der Waals surface area contributed by atoms with E-state index in [-0.39, 0.29) is 24.3 Å². The number of nitrogens with zero attached hydrogens (tertiary/aromatic N) is 5. The zero-order valence-corrected chi connectivity index (χ0v) is 15.2. The van der Waals surface area contributed by atoms with Crippen molar-refractivity contribution in [3.63, 3.8) is 0 Å². The number of aromatic nitrogens is 4. The van der Waals surface area contributed by atoms with Crippen LogP contribution >= 0.6 is 0 Å². The number of hydrogen-bond acceptors (Lipinski definition) is 7. The fraction of sp³-hybridized carbons (Fsp3) is 0.316. The third-order valence-electron chi connectivity index (χ3n) is 4.89. The van der Waals surface area contributed by atoms with Crippen molar-refractivity contribution >= 4 is 28.6 Å². The fourth-order valence-electron chi connectivity index (χ4n) is 3.59. The van der Waals surface area contributed by atoms with Crippen LogP contribution in [-0.2, 0) is 4.79 Å². The van der Waals surface area contributed by atoms with Gasteiger partial charge in [-0.25, -0.2) is 15.0 Å². The van der Waals surface area contributed by atoms with Crippen molar-refractivity contribution in [2.45, 2.75) is 25.3 Å². The number of hydrogen-bond donors (Lipinski definition) is 3. The largest absolute Gasteiger partial charge is 0.379 e. The Balaban J connectivity index is 1.68. The maximum Gasteiger partial charge on any atom is 0.236 e. The maximum absolute atomic E-state index is 12.1. The summed E-state index contributed by atoms with van der Waals surface area (Å²) in [5.41, 5.74) is 8.92. The molecule has 1 amide bonds. The minimum absolute atomic E-state index is 0.0647. The van der Waals surface area contributed by atoms with Crippen LogP contribution in [0.2, 0.25) is 0 Å². The van der Waals surface area contributed by atoms with Crippen LogP contribution in [0.3, 0.4) is 0 Å². The molecule has 1 atom stereocenters. The van der Waals surface area contributed by atoms with E-state index in [0.717, 1.165) is 35.1 Å². The first-order valence-corrected chi connectivity index (χ1v) is 9.12. The first-order chi connectivity index (χ1) is 13.7. The highest BCUT2D eigenvalue weighted by Gasteiger charge is 2.25. The average Bonchev–Trinajstić information content (AvgIpc) is 3.18. The van der Waals surface area contributed by atoms with Gasteiger partial charge in [0.15, 0.2) is 0 Å². The monoisotopic (exact) mass is 376 g/mol. The highest BCUT2D eigenvalue weighted by Crippen LogP contribution is 2.33. The van der Waals surface area contributed by atoms with Gasteiger partial charge in [-0.05, 0) is 25.0 Å². The van der Waals surface area contributed by atoms with Crippen LogP contribution in [0, 0.1) is 11.3 Å². The second kappa shape index (κ2) is 7.52. The van der Waals surface area contributed by atoms with Crippen LogP contribution in [0.5, 0.6) is 0 Å². The van der Waals surface area contributed by atoms with E-state index in [9.17, 15) is 4.79 Å². The lowest BCUT2D eigenvalue weighted by atomic mass is 10.0. The second-order valence-electron chi connectivity index (χ2n) is 6.75. The number of carbonyl (C=O) groups is 1. The van der Waals surface area contributed by atoms with Crippen LogP contribution in [0.25, 0.3) is 22.3 Å². The van der Waals surface area contributed by atoms with Gasteiger partial charge in [-0.15, -0.1) is 0 Å². The van der Waals surface area contributed by atoms with Gasteiger partial charge in [-0.3, -0.25) is 4.79 Å². The number of fused-ring (bicyclic) bond motifs is 1. The number of H-pyrrole nitrogens is 1. The number of carbonyl (C=O) groups excluding carboxylic acids is 1. The molecule has 0 radical (unpaired) electrons. The van der Waals surface area contributed by atoms with Crippen molar-refractivity contribution in [3.05, 3.63) is 30.7 Å². The van der Waals surface area contributed by atoms with Crippen molar-refractivity contribution in [2.24, 2.45) is 0 Å². The Labute approximate surface area is 161 Å². The summed E-state index contributed by atoms with van der Waals surface area (Å²) in [6.45, 7) is 1.24. The van der Waals surface area contributed by atoms with Crippen LogP contribution in [0.4, 0.5) is 11.6 Å². The Kier molecular flexibility index (Phi) is 4.76. The van der Waals surface area contributed by atoms with Gasteiger partial charge < -0.3 is 20.9 Å². The van der Waals surface area contributed by atoms with Gasteiger partial charge in [0.25, 0.3) is 0 Å². The molecular weight excluding hydrogens is 356 g/mol. The van der Waals surface area contributed by atoms with Crippen molar-refractivity contribution in [1.82, 2.24) is 24.8 Å². The number of anilines is 2. The summed E-state index contributed by atoms with van der Waals surface area (Å²) in [5.74, 6) is 0.0721. The Bertz CT molecular complexity index is 1050. The van der Waals surface area contributed by atoms with Gasteiger partial charge in [0.05, 0.1) is 17.5 Å². The number of nitrogens with two attached hydrogens (primary N) is 1. The number of nitrogen functional groups attached to an aromatic ring is 1. The summed E-state index contributed by atoms with van der Waals surface area (Å²) in [5, 5.41) is 13.3. The van der Waals surface area contributed by atoms with Crippen molar-refractivity contribution in [2.75, 3.05) is 24.1 Å². The van der Waals surface area contributed by atoms with Gasteiger partial charge in [0, 0.05) is 48.7 Å². The number of aromatic amines is 1. The molecule has 9 nitrogen and oxygen atoms in total. The lowest BCUT2D eigenvalue weighted by molar-refractivity contribution is -0.131. The van der Waals surface area contributed by atoms with E-state index in [1.165, 1.54) is 0 Å². The van der Waals surface area contributed by atoms with Crippen molar-refractivity contribution in [1.29, 1.82) is 5.26 Å². The van der Waals surface area contributed by atoms with Crippen LogP contribution in [0.1, 0.15) is 19.3 Å². The molecule has 28 heavy (non-hydrogen) atoms. The Morgan fingerprint density at radius 2 is 2.32 bits per heavy atom. The number of rotatable bonds is 4. The van der Waals surface area contributed by atoms with Gasteiger partial charge in [-0.2, -0.15) is 5.26 Å². The van der Waals surface area contributed by atoms with Gasteiger partial charge in [0.2, 0.25) is 11.9 Å². The van der Waals surface area contributed by atoms with Crippen LogP contribution in [0.15, 0.2) is 30.7 Å². The molecule has 3 aromatic rings. The molecular formula is C19H20N8O. The topological polar surface area (TPSA) is 137 Å². The second-order valence-corrected chi connectivity index (χ2v) is 6.75. The zero-order chi connectivity index (χ0) is 19.5. The van der Waals surface area contributed by atoms with Crippen molar-refractivity contribution < 1.29 is 4.79 Å². The first kappa shape index (κ1) is 17.7. The van der Waals surface area contributed by atoms with E-state index >= 15 is 0 Å². The maximum atomic E-state index is 12.1. The van der Waals surface area contributed by atoms with E-state index < -0.39 is 0 Å². The number of amides is 1. The minimum Gasteiger partial charge on any atom is -0.379 e.